The van der Waals surface area contributed by atoms with Crippen LogP contribution in [0.1, 0.15) is 5.56 Å². The fraction of sp³-hybridized carbons (Fsp3) is 0.235. The van der Waals surface area contributed by atoms with Crippen LogP contribution >= 0.6 is 0 Å². The normalized spacial score (nSPS) is 13.4. The molecular weight excluding hydrogens is 320 g/mol. The molecular formula is C17H20N6O2. The third-order valence-corrected chi connectivity index (χ3v) is 3.88. The van der Waals surface area contributed by atoms with Gasteiger partial charge in [0.2, 0.25) is 0 Å². The van der Waals surface area contributed by atoms with Gasteiger partial charge in [0.25, 0.3) is 0 Å². The van der Waals surface area contributed by atoms with Crippen molar-refractivity contribution in [2.75, 3.05) is 19.5 Å². The molecule has 3 rings (SSSR count). The number of aromatic nitrogens is 3. The van der Waals surface area contributed by atoms with Crippen LogP contribution in [0.2, 0.25) is 0 Å². The molecule has 1 aromatic carbocycles. The molecule has 1 atom stereocenters. The second-order valence-corrected chi connectivity index (χ2v) is 5.74. The number of hydrogen-bond acceptors (Lipinski definition) is 7. The molecule has 0 aliphatic heterocycles. The van der Waals surface area contributed by atoms with Crippen molar-refractivity contribution in [1.82, 2.24) is 14.8 Å². The van der Waals surface area contributed by atoms with Crippen LogP contribution in [0.3, 0.4) is 0 Å². The van der Waals surface area contributed by atoms with Crippen molar-refractivity contribution < 1.29 is 9.84 Å². The van der Waals surface area contributed by atoms with Gasteiger partial charge in [-0.2, -0.15) is 5.10 Å². The number of nitrogens with one attached hydrogen (secondary N) is 1. The van der Waals surface area contributed by atoms with Crippen molar-refractivity contribution in [2.24, 2.45) is 5.73 Å². The number of fused-ring (bicyclic) bond motifs is 3. The Morgan fingerprint density at radius 3 is 2.96 bits per heavy atom. The average molecular weight is 340 g/mol. The van der Waals surface area contributed by atoms with Gasteiger partial charge in [-0.25, -0.2) is 4.98 Å². The van der Waals surface area contributed by atoms with Gasteiger partial charge < -0.3 is 26.7 Å². The van der Waals surface area contributed by atoms with E-state index in [0.29, 0.717) is 29.1 Å². The summed E-state index contributed by atoms with van der Waals surface area (Å²) in [5, 5.41) is 23.1. The van der Waals surface area contributed by atoms with Gasteiger partial charge in [-0.15, -0.1) is 0 Å². The number of anilines is 1. The average Bonchev–Trinajstić information content (AvgIpc) is 2.99. The van der Waals surface area contributed by atoms with Gasteiger partial charge in [0.1, 0.15) is 11.3 Å². The number of rotatable bonds is 6. The molecule has 0 aliphatic carbocycles. The highest BCUT2D eigenvalue weighted by Crippen LogP contribution is 2.28. The predicted molar refractivity (Wildman–Crippen MR) is 98.3 cm³/mol. The Morgan fingerprint density at radius 2 is 2.24 bits per heavy atom. The second kappa shape index (κ2) is 6.88. The number of aliphatic hydroxyl groups excluding tert-OH is 1. The van der Waals surface area contributed by atoms with E-state index in [9.17, 15) is 5.11 Å². The SMILES string of the molecule is COCC(O)Cn1cc2c(N)nc3cc(C(N)=CC=N)ccc3c2n1. The highest BCUT2D eigenvalue weighted by atomic mass is 16.5. The smallest absolute Gasteiger partial charge is 0.135 e. The van der Waals surface area contributed by atoms with Gasteiger partial charge in [0.05, 0.1) is 30.2 Å². The van der Waals surface area contributed by atoms with E-state index in [-0.39, 0.29) is 6.61 Å². The monoisotopic (exact) mass is 340 g/mol. The van der Waals surface area contributed by atoms with Gasteiger partial charge in [0.15, 0.2) is 0 Å². The van der Waals surface area contributed by atoms with Crippen LogP contribution in [0, 0.1) is 5.41 Å². The third kappa shape index (κ3) is 3.30. The molecule has 0 amide bonds. The predicted octanol–water partition coefficient (Wildman–Crippen LogP) is 1.12. The summed E-state index contributed by atoms with van der Waals surface area (Å²) in [4.78, 5) is 4.43. The minimum absolute atomic E-state index is 0.229. The fourth-order valence-electron chi connectivity index (χ4n) is 2.74. The number of nitrogen functional groups attached to an aromatic ring is 1. The molecule has 2 heterocycles. The van der Waals surface area contributed by atoms with E-state index in [0.717, 1.165) is 22.6 Å². The highest BCUT2D eigenvalue weighted by Gasteiger charge is 2.13. The number of nitrogens with two attached hydrogens (primary N) is 2. The molecule has 0 spiro atoms. The van der Waals surface area contributed by atoms with E-state index in [1.54, 1.807) is 10.9 Å². The van der Waals surface area contributed by atoms with Gasteiger partial charge in [-0.05, 0) is 23.8 Å². The van der Waals surface area contributed by atoms with E-state index in [1.807, 2.05) is 18.2 Å². The number of allylic oxidation sites excluding steroid dienone is 1. The summed E-state index contributed by atoms with van der Waals surface area (Å²) in [6, 6.07) is 5.56. The first-order chi connectivity index (χ1) is 12.0. The summed E-state index contributed by atoms with van der Waals surface area (Å²) in [6.45, 7) is 0.531. The summed E-state index contributed by atoms with van der Waals surface area (Å²) in [5.74, 6) is 0.363. The minimum atomic E-state index is -0.655. The summed E-state index contributed by atoms with van der Waals surface area (Å²) in [5.41, 5.74) is 14.6. The molecule has 8 nitrogen and oxygen atoms in total. The maximum absolute atomic E-state index is 9.89. The molecule has 1 unspecified atom stereocenters. The lowest BCUT2D eigenvalue weighted by molar-refractivity contribution is 0.0515. The van der Waals surface area contributed by atoms with E-state index < -0.39 is 6.10 Å². The minimum Gasteiger partial charge on any atom is -0.398 e. The standard InChI is InChI=1S/C17H20N6O2/c1-25-9-11(24)7-23-8-13-16(22-23)12-3-2-10(14(19)4-5-18)6-15(12)21-17(13)20/h2-6,8,11,18,24H,7,9,19H2,1H3,(H2,20,21). The first-order valence-electron chi connectivity index (χ1n) is 7.73. The number of hydrogen-bond donors (Lipinski definition) is 4. The summed E-state index contributed by atoms with van der Waals surface area (Å²) in [7, 11) is 1.54. The maximum atomic E-state index is 9.89. The van der Waals surface area contributed by atoms with Crippen molar-refractivity contribution in [3.63, 3.8) is 0 Å². The Labute approximate surface area is 144 Å². The lowest BCUT2D eigenvalue weighted by atomic mass is 10.1. The van der Waals surface area contributed by atoms with E-state index in [1.165, 1.54) is 13.2 Å². The van der Waals surface area contributed by atoms with Crippen LogP contribution < -0.4 is 11.5 Å². The van der Waals surface area contributed by atoms with Crippen LogP contribution in [0.25, 0.3) is 27.5 Å². The largest absolute Gasteiger partial charge is 0.398 e. The van der Waals surface area contributed by atoms with E-state index in [2.05, 4.69) is 10.1 Å². The maximum Gasteiger partial charge on any atom is 0.135 e. The Kier molecular flexibility index (Phi) is 4.64. The number of aliphatic hydroxyl groups is 1. The van der Waals surface area contributed by atoms with Gasteiger partial charge in [0, 0.05) is 30.6 Å². The molecule has 0 saturated heterocycles. The van der Waals surface area contributed by atoms with E-state index in [4.69, 9.17) is 21.6 Å². The van der Waals surface area contributed by atoms with Gasteiger partial charge in [-0.3, -0.25) is 4.68 Å². The van der Waals surface area contributed by atoms with Gasteiger partial charge >= 0.3 is 0 Å². The van der Waals surface area contributed by atoms with E-state index >= 15 is 0 Å². The second-order valence-electron chi connectivity index (χ2n) is 5.74. The van der Waals surface area contributed by atoms with Crippen molar-refractivity contribution in [1.29, 1.82) is 5.41 Å². The molecule has 3 aromatic rings. The van der Waals surface area contributed by atoms with Gasteiger partial charge in [-0.1, -0.05) is 6.07 Å². The Balaban J connectivity index is 2.09. The van der Waals surface area contributed by atoms with Crippen LogP contribution in [0.4, 0.5) is 5.82 Å². The van der Waals surface area contributed by atoms with Crippen LogP contribution in [-0.4, -0.2) is 45.9 Å². The van der Waals surface area contributed by atoms with Crippen molar-refractivity contribution in [3.8, 4) is 0 Å². The molecule has 0 aliphatic rings. The topological polar surface area (TPSA) is 136 Å². The summed E-state index contributed by atoms with van der Waals surface area (Å²) >= 11 is 0. The van der Waals surface area contributed by atoms with Crippen molar-refractivity contribution >= 4 is 39.5 Å². The number of benzene rings is 1. The molecule has 25 heavy (non-hydrogen) atoms. The number of methoxy groups -OCH3 is 1. The first kappa shape index (κ1) is 16.9. The molecule has 6 N–H and O–H groups in total. The Hall–Kier alpha value is -2.97. The number of ether oxygens (including phenoxy) is 1. The first-order valence-corrected chi connectivity index (χ1v) is 7.73. The summed E-state index contributed by atoms with van der Waals surface area (Å²) < 4.78 is 6.58. The third-order valence-electron chi connectivity index (χ3n) is 3.88. The highest BCUT2D eigenvalue weighted by molar-refractivity contribution is 6.07. The lowest BCUT2D eigenvalue weighted by Crippen LogP contribution is -2.21. The quantitative estimate of drug-likeness (QED) is 0.496. The molecule has 0 radical (unpaired) electrons. The molecule has 0 bridgehead atoms. The van der Waals surface area contributed by atoms with Crippen LogP contribution in [0.15, 0.2) is 30.5 Å². The van der Waals surface area contributed by atoms with Crippen molar-refractivity contribution in [2.45, 2.75) is 12.6 Å². The number of pyridine rings is 1. The molecule has 0 saturated carbocycles. The molecule has 8 heteroatoms. The molecule has 130 valence electrons. The zero-order valence-electron chi connectivity index (χ0n) is 13.8. The zero-order valence-corrected chi connectivity index (χ0v) is 13.8. The Morgan fingerprint density at radius 1 is 1.44 bits per heavy atom. The fourth-order valence-corrected chi connectivity index (χ4v) is 2.74. The van der Waals surface area contributed by atoms with Crippen molar-refractivity contribution in [3.05, 3.63) is 36.0 Å². The molecule has 0 fully saturated rings. The Bertz CT molecular complexity index is 963. The lowest BCUT2D eigenvalue weighted by Gasteiger charge is -2.08. The summed E-state index contributed by atoms with van der Waals surface area (Å²) in [6.07, 6.45) is 3.76. The molecule has 2 aromatic heterocycles. The number of nitrogens with zero attached hydrogens (tertiary/aromatic N) is 3. The zero-order chi connectivity index (χ0) is 18.0. The van der Waals surface area contributed by atoms with Crippen LogP contribution in [0.5, 0.6) is 0 Å². The van der Waals surface area contributed by atoms with Crippen LogP contribution in [-0.2, 0) is 11.3 Å².